The number of hydrogen-bond acceptors (Lipinski definition) is 4. The van der Waals surface area contributed by atoms with Crippen molar-refractivity contribution in [3.63, 3.8) is 0 Å². The Labute approximate surface area is 131 Å². The van der Waals surface area contributed by atoms with Crippen molar-refractivity contribution in [1.29, 1.82) is 5.26 Å². The molecule has 3 aliphatic rings. The minimum Gasteiger partial charge on any atom is -0.347 e. The number of benzene rings is 1. The van der Waals surface area contributed by atoms with Crippen molar-refractivity contribution in [3.8, 4) is 6.07 Å². The third kappa shape index (κ3) is 2.54. The van der Waals surface area contributed by atoms with Crippen LogP contribution in [0.3, 0.4) is 0 Å². The lowest BCUT2D eigenvalue weighted by atomic mass is 9.85. The van der Waals surface area contributed by atoms with E-state index < -0.39 is 0 Å². The average molecular weight is 298 g/mol. The normalized spacial score (nSPS) is 27.5. The molecular weight excluding hydrogens is 276 g/mol. The molecule has 4 heteroatoms. The van der Waals surface area contributed by atoms with Crippen molar-refractivity contribution in [2.75, 3.05) is 26.3 Å². The highest BCUT2D eigenvalue weighted by Gasteiger charge is 2.41. The van der Waals surface area contributed by atoms with Crippen molar-refractivity contribution in [2.24, 2.45) is 0 Å². The molecule has 0 radical (unpaired) electrons. The van der Waals surface area contributed by atoms with Gasteiger partial charge in [-0.1, -0.05) is 6.07 Å². The average Bonchev–Trinajstić information content (AvgIpc) is 3.03. The third-order valence-electron chi connectivity index (χ3n) is 5.43. The summed E-state index contributed by atoms with van der Waals surface area (Å²) in [6, 6.07) is 9.03. The van der Waals surface area contributed by atoms with Gasteiger partial charge in [-0.25, -0.2) is 0 Å². The van der Waals surface area contributed by atoms with Crippen LogP contribution in [-0.2, 0) is 22.3 Å². The standard InChI is InChI=1S/C18H22N2O2/c19-13-14-1-2-16-12-17(4-3-15(16)11-14)20-7-5-18(6-8-20)21-9-10-22-18/h1-2,11,17H,3-10,12H2. The van der Waals surface area contributed by atoms with E-state index in [1.165, 1.54) is 17.5 Å². The van der Waals surface area contributed by atoms with Crippen LogP contribution in [0, 0.1) is 11.3 Å². The minimum absolute atomic E-state index is 0.273. The fraction of sp³-hybridized carbons (Fsp3) is 0.611. The quantitative estimate of drug-likeness (QED) is 0.798. The lowest BCUT2D eigenvalue weighted by Crippen LogP contribution is -2.50. The van der Waals surface area contributed by atoms with Gasteiger partial charge in [-0.3, -0.25) is 4.90 Å². The lowest BCUT2D eigenvalue weighted by Gasteiger charge is -2.42. The van der Waals surface area contributed by atoms with E-state index in [1.807, 2.05) is 6.07 Å². The molecule has 1 aromatic rings. The fourth-order valence-electron chi connectivity index (χ4n) is 4.13. The molecule has 1 aliphatic carbocycles. The summed E-state index contributed by atoms with van der Waals surface area (Å²) < 4.78 is 11.6. The number of nitriles is 1. The van der Waals surface area contributed by atoms with Gasteiger partial charge in [0.2, 0.25) is 0 Å². The maximum Gasteiger partial charge on any atom is 0.170 e. The summed E-state index contributed by atoms with van der Waals surface area (Å²) >= 11 is 0. The largest absolute Gasteiger partial charge is 0.347 e. The van der Waals surface area contributed by atoms with Crippen molar-refractivity contribution in [1.82, 2.24) is 4.90 Å². The number of ether oxygens (including phenoxy) is 2. The first-order valence-corrected chi connectivity index (χ1v) is 8.32. The molecule has 1 aromatic carbocycles. The summed E-state index contributed by atoms with van der Waals surface area (Å²) in [7, 11) is 0. The molecule has 116 valence electrons. The van der Waals surface area contributed by atoms with E-state index in [4.69, 9.17) is 14.7 Å². The Morgan fingerprint density at radius 2 is 1.91 bits per heavy atom. The third-order valence-corrected chi connectivity index (χ3v) is 5.43. The van der Waals surface area contributed by atoms with E-state index in [9.17, 15) is 0 Å². The summed E-state index contributed by atoms with van der Waals surface area (Å²) in [5, 5.41) is 9.01. The van der Waals surface area contributed by atoms with Crippen LogP contribution < -0.4 is 0 Å². The fourth-order valence-corrected chi connectivity index (χ4v) is 4.13. The van der Waals surface area contributed by atoms with Gasteiger partial charge in [0.25, 0.3) is 0 Å². The minimum atomic E-state index is -0.273. The Kier molecular flexibility index (Phi) is 3.65. The second kappa shape index (κ2) is 5.66. The van der Waals surface area contributed by atoms with Gasteiger partial charge in [0.05, 0.1) is 24.8 Å². The zero-order valence-corrected chi connectivity index (χ0v) is 12.9. The van der Waals surface area contributed by atoms with Crippen LogP contribution in [-0.4, -0.2) is 43.0 Å². The highest BCUT2D eigenvalue weighted by Crippen LogP contribution is 2.34. The molecule has 2 aliphatic heterocycles. The van der Waals surface area contributed by atoms with Crippen LogP contribution in [0.25, 0.3) is 0 Å². The molecule has 0 saturated carbocycles. The van der Waals surface area contributed by atoms with E-state index >= 15 is 0 Å². The highest BCUT2D eigenvalue weighted by atomic mass is 16.7. The summed E-state index contributed by atoms with van der Waals surface area (Å²) in [5.41, 5.74) is 3.57. The topological polar surface area (TPSA) is 45.5 Å². The molecule has 2 fully saturated rings. The van der Waals surface area contributed by atoms with Gasteiger partial charge in [0.1, 0.15) is 0 Å². The van der Waals surface area contributed by atoms with Gasteiger partial charge >= 0.3 is 0 Å². The molecule has 1 unspecified atom stereocenters. The molecule has 4 nitrogen and oxygen atoms in total. The van der Waals surface area contributed by atoms with Crippen molar-refractivity contribution in [3.05, 3.63) is 34.9 Å². The number of piperidine rings is 1. The Balaban J connectivity index is 1.42. The SMILES string of the molecule is N#Cc1ccc2c(c1)CCC(N1CCC3(CC1)OCCO3)C2. The monoisotopic (exact) mass is 298 g/mol. The summed E-state index contributed by atoms with van der Waals surface area (Å²) in [4.78, 5) is 2.61. The molecule has 2 saturated heterocycles. The molecule has 2 heterocycles. The number of nitrogens with zero attached hydrogens (tertiary/aromatic N) is 2. The van der Waals surface area contributed by atoms with Crippen LogP contribution >= 0.6 is 0 Å². The number of fused-ring (bicyclic) bond motifs is 1. The van der Waals surface area contributed by atoms with Crippen LogP contribution in [0.5, 0.6) is 0 Å². The Morgan fingerprint density at radius 3 is 2.64 bits per heavy atom. The maximum atomic E-state index is 9.01. The van der Waals surface area contributed by atoms with E-state index in [0.717, 1.165) is 57.6 Å². The number of aryl methyl sites for hydroxylation is 1. The Bertz CT molecular complexity index is 592. The zero-order chi connectivity index (χ0) is 15.0. The van der Waals surface area contributed by atoms with E-state index in [1.54, 1.807) is 0 Å². The molecule has 1 spiro atoms. The molecule has 0 N–H and O–H groups in total. The predicted molar refractivity (Wildman–Crippen MR) is 82.4 cm³/mol. The first-order valence-electron chi connectivity index (χ1n) is 8.32. The second-order valence-electron chi connectivity index (χ2n) is 6.64. The first-order chi connectivity index (χ1) is 10.8. The Hall–Kier alpha value is -1.41. The molecule has 0 bridgehead atoms. The number of rotatable bonds is 1. The van der Waals surface area contributed by atoms with Gasteiger partial charge in [-0.05, 0) is 42.5 Å². The molecule has 1 atom stereocenters. The molecule has 22 heavy (non-hydrogen) atoms. The second-order valence-corrected chi connectivity index (χ2v) is 6.64. The molecule has 0 aromatic heterocycles. The number of likely N-dealkylation sites (tertiary alicyclic amines) is 1. The molecular formula is C18H22N2O2. The highest BCUT2D eigenvalue weighted by molar-refractivity contribution is 5.40. The van der Waals surface area contributed by atoms with Crippen LogP contribution in [0.4, 0.5) is 0 Å². The van der Waals surface area contributed by atoms with Gasteiger partial charge in [0.15, 0.2) is 5.79 Å². The van der Waals surface area contributed by atoms with Crippen LogP contribution in [0.15, 0.2) is 18.2 Å². The van der Waals surface area contributed by atoms with Gasteiger partial charge in [0, 0.05) is 32.0 Å². The van der Waals surface area contributed by atoms with Gasteiger partial charge < -0.3 is 9.47 Å². The van der Waals surface area contributed by atoms with E-state index in [-0.39, 0.29) is 5.79 Å². The smallest absolute Gasteiger partial charge is 0.170 e. The summed E-state index contributed by atoms with van der Waals surface area (Å²) in [6.45, 7) is 3.63. The summed E-state index contributed by atoms with van der Waals surface area (Å²) in [5.74, 6) is -0.273. The first kappa shape index (κ1) is 14.2. The van der Waals surface area contributed by atoms with Crippen molar-refractivity contribution in [2.45, 2.75) is 43.9 Å². The van der Waals surface area contributed by atoms with Crippen molar-refractivity contribution < 1.29 is 9.47 Å². The van der Waals surface area contributed by atoms with E-state index in [2.05, 4.69) is 23.1 Å². The molecule has 0 amide bonds. The summed E-state index contributed by atoms with van der Waals surface area (Å²) in [6.07, 6.45) is 5.37. The van der Waals surface area contributed by atoms with E-state index in [0.29, 0.717) is 6.04 Å². The van der Waals surface area contributed by atoms with Gasteiger partial charge in [-0.15, -0.1) is 0 Å². The number of hydrogen-bond donors (Lipinski definition) is 0. The van der Waals surface area contributed by atoms with Crippen LogP contribution in [0.2, 0.25) is 0 Å². The maximum absolute atomic E-state index is 9.01. The Morgan fingerprint density at radius 1 is 1.14 bits per heavy atom. The van der Waals surface area contributed by atoms with Crippen LogP contribution in [0.1, 0.15) is 36.0 Å². The molecule has 4 rings (SSSR count). The zero-order valence-electron chi connectivity index (χ0n) is 12.9. The van der Waals surface area contributed by atoms with Crippen molar-refractivity contribution >= 4 is 0 Å². The predicted octanol–water partition coefficient (Wildman–Crippen LogP) is 2.25. The van der Waals surface area contributed by atoms with Gasteiger partial charge in [-0.2, -0.15) is 5.26 Å². The lowest BCUT2D eigenvalue weighted by molar-refractivity contribution is -0.188.